The standard InChI is InChI=1S/C12H24N4O4S/c1-9(2)13-5-10-6-14-16-12(10)21(17,18)15-7-11(20-4)8-19-3/h6,9,11,13,15H,5,7-8H2,1-4H3,(H,14,16). The number of hydrogen-bond acceptors (Lipinski definition) is 6. The van der Waals surface area contributed by atoms with E-state index in [1.165, 1.54) is 20.4 Å². The van der Waals surface area contributed by atoms with Gasteiger partial charge in [-0.25, -0.2) is 13.1 Å². The van der Waals surface area contributed by atoms with Crippen LogP contribution in [0.3, 0.4) is 0 Å². The van der Waals surface area contributed by atoms with Gasteiger partial charge in [-0.3, -0.25) is 5.10 Å². The van der Waals surface area contributed by atoms with Gasteiger partial charge in [-0.2, -0.15) is 5.10 Å². The predicted octanol–water partition coefficient (Wildman–Crippen LogP) is -0.153. The molecule has 0 aliphatic rings. The summed E-state index contributed by atoms with van der Waals surface area (Å²) in [5.41, 5.74) is 0.594. The Morgan fingerprint density at radius 3 is 2.67 bits per heavy atom. The molecule has 0 bridgehead atoms. The van der Waals surface area contributed by atoms with Crippen molar-refractivity contribution in [3.05, 3.63) is 11.8 Å². The van der Waals surface area contributed by atoms with Crippen molar-refractivity contribution in [2.75, 3.05) is 27.4 Å². The van der Waals surface area contributed by atoms with E-state index < -0.39 is 10.0 Å². The van der Waals surface area contributed by atoms with Gasteiger partial charge in [0.15, 0.2) is 5.03 Å². The molecule has 9 heteroatoms. The van der Waals surface area contributed by atoms with Crippen molar-refractivity contribution in [2.45, 2.75) is 37.6 Å². The monoisotopic (exact) mass is 320 g/mol. The molecular formula is C12H24N4O4S. The van der Waals surface area contributed by atoms with Crippen molar-refractivity contribution in [1.82, 2.24) is 20.2 Å². The van der Waals surface area contributed by atoms with E-state index in [0.29, 0.717) is 18.7 Å². The minimum absolute atomic E-state index is 0.0721. The van der Waals surface area contributed by atoms with E-state index in [-0.39, 0.29) is 23.7 Å². The maximum absolute atomic E-state index is 12.3. The van der Waals surface area contributed by atoms with Crippen molar-refractivity contribution >= 4 is 10.0 Å². The van der Waals surface area contributed by atoms with Gasteiger partial charge in [-0.05, 0) is 0 Å². The molecule has 3 N–H and O–H groups in total. The summed E-state index contributed by atoms with van der Waals surface area (Å²) in [4.78, 5) is 0. The molecular weight excluding hydrogens is 296 g/mol. The molecule has 1 aromatic rings. The number of nitrogens with one attached hydrogen (secondary N) is 3. The lowest BCUT2D eigenvalue weighted by Crippen LogP contribution is -2.36. The molecule has 1 heterocycles. The van der Waals surface area contributed by atoms with Crippen LogP contribution in [0.4, 0.5) is 0 Å². The van der Waals surface area contributed by atoms with E-state index in [0.717, 1.165) is 0 Å². The third kappa shape index (κ3) is 5.71. The smallest absolute Gasteiger partial charge is 0.257 e. The van der Waals surface area contributed by atoms with E-state index >= 15 is 0 Å². The first-order valence-electron chi connectivity index (χ1n) is 6.67. The van der Waals surface area contributed by atoms with Crippen LogP contribution in [0, 0.1) is 0 Å². The second kappa shape index (κ2) is 8.44. The topological polar surface area (TPSA) is 105 Å². The highest BCUT2D eigenvalue weighted by Crippen LogP contribution is 2.11. The van der Waals surface area contributed by atoms with Crippen molar-refractivity contribution in [2.24, 2.45) is 0 Å². The largest absolute Gasteiger partial charge is 0.382 e. The van der Waals surface area contributed by atoms with E-state index in [4.69, 9.17) is 9.47 Å². The van der Waals surface area contributed by atoms with E-state index in [1.807, 2.05) is 13.8 Å². The Bertz CT molecular complexity index is 515. The summed E-state index contributed by atoms with van der Waals surface area (Å²) in [6, 6.07) is 0.253. The van der Waals surface area contributed by atoms with Gasteiger partial charge in [-0.15, -0.1) is 0 Å². The van der Waals surface area contributed by atoms with Crippen molar-refractivity contribution in [1.29, 1.82) is 0 Å². The number of sulfonamides is 1. The molecule has 8 nitrogen and oxygen atoms in total. The van der Waals surface area contributed by atoms with Crippen LogP contribution < -0.4 is 10.0 Å². The number of methoxy groups -OCH3 is 2. The SMILES string of the molecule is COCC(CNS(=O)(=O)c1[nH]ncc1CNC(C)C)OC. The Labute approximate surface area is 125 Å². The molecule has 0 amide bonds. The molecule has 1 unspecified atom stereocenters. The molecule has 1 atom stereocenters. The Morgan fingerprint density at radius 1 is 1.38 bits per heavy atom. The molecule has 1 aromatic heterocycles. The molecule has 0 spiro atoms. The van der Waals surface area contributed by atoms with Gasteiger partial charge in [0.1, 0.15) is 0 Å². The quantitative estimate of drug-likeness (QED) is 0.553. The van der Waals surface area contributed by atoms with Crippen molar-refractivity contribution in [3.8, 4) is 0 Å². The number of ether oxygens (including phenoxy) is 2. The van der Waals surface area contributed by atoms with Gasteiger partial charge in [0.2, 0.25) is 0 Å². The Hall–Kier alpha value is -1.00. The fraction of sp³-hybridized carbons (Fsp3) is 0.750. The molecule has 1 rings (SSSR count). The Balaban J connectivity index is 2.72. The first kappa shape index (κ1) is 18.1. The van der Waals surface area contributed by atoms with Crippen molar-refractivity contribution in [3.63, 3.8) is 0 Å². The molecule has 21 heavy (non-hydrogen) atoms. The van der Waals surface area contributed by atoms with Gasteiger partial charge < -0.3 is 14.8 Å². The molecule has 0 saturated heterocycles. The maximum Gasteiger partial charge on any atom is 0.257 e. The number of aromatic nitrogens is 2. The van der Waals surface area contributed by atoms with Crippen LogP contribution in [-0.4, -0.2) is 58.1 Å². The summed E-state index contributed by atoms with van der Waals surface area (Å²) in [6.07, 6.45) is 1.16. The van der Waals surface area contributed by atoms with E-state index in [1.54, 1.807) is 0 Å². The fourth-order valence-corrected chi connectivity index (χ4v) is 2.84. The third-order valence-corrected chi connectivity index (χ3v) is 4.27. The average Bonchev–Trinajstić information content (AvgIpc) is 2.90. The summed E-state index contributed by atoms with van der Waals surface area (Å²) < 4.78 is 37.1. The minimum Gasteiger partial charge on any atom is -0.382 e. The minimum atomic E-state index is -3.66. The second-order valence-corrected chi connectivity index (χ2v) is 6.63. The highest BCUT2D eigenvalue weighted by molar-refractivity contribution is 7.89. The predicted molar refractivity (Wildman–Crippen MR) is 78.4 cm³/mol. The van der Waals surface area contributed by atoms with Crippen LogP contribution in [0.1, 0.15) is 19.4 Å². The average molecular weight is 320 g/mol. The first-order chi connectivity index (χ1) is 9.90. The van der Waals surface area contributed by atoms with Crippen LogP contribution >= 0.6 is 0 Å². The summed E-state index contributed by atoms with van der Waals surface area (Å²) in [5.74, 6) is 0. The van der Waals surface area contributed by atoms with Crippen LogP contribution in [0.15, 0.2) is 11.2 Å². The zero-order valence-corrected chi connectivity index (χ0v) is 13.7. The van der Waals surface area contributed by atoms with Gasteiger partial charge in [0.25, 0.3) is 10.0 Å². The van der Waals surface area contributed by atoms with Crippen molar-refractivity contribution < 1.29 is 17.9 Å². The zero-order chi connectivity index (χ0) is 15.9. The maximum atomic E-state index is 12.3. The number of H-pyrrole nitrogens is 1. The zero-order valence-electron chi connectivity index (χ0n) is 12.8. The first-order valence-corrected chi connectivity index (χ1v) is 8.16. The summed E-state index contributed by atoms with van der Waals surface area (Å²) in [5, 5.41) is 9.57. The van der Waals surface area contributed by atoms with Gasteiger partial charge >= 0.3 is 0 Å². The van der Waals surface area contributed by atoms with Crippen LogP contribution in [0.25, 0.3) is 0 Å². The lowest BCUT2D eigenvalue weighted by Gasteiger charge is -2.15. The lowest BCUT2D eigenvalue weighted by atomic mass is 10.3. The van der Waals surface area contributed by atoms with Gasteiger partial charge in [0, 0.05) is 38.9 Å². The molecule has 0 radical (unpaired) electrons. The molecule has 0 fully saturated rings. The second-order valence-electron chi connectivity index (χ2n) is 4.92. The van der Waals surface area contributed by atoms with Gasteiger partial charge in [0.05, 0.1) is 18.9 Å². The summed E-state index contributed by atoms with van der Waals surface area (Å²) in [6.45, 7) is 4.84. The fourth-order valence-electron chi connectivity index (χ4n) is 1.64. The summed E-state index contributed by atoms with van der Waals surface area (Å²) in [7, 11) is -0.624. The molecule has 0 saturated carbocycles. The Morgan fingerprint density at radius 2 is 2.10 bits per heavy atom. The summed E-state index contributed by atoms with van der Waals surface area (Å²) >= 11 is 0. The molecule has 122 valence electrons. The highest BCUT2D eigenvalue weighted by atomic mass is 32.2. The molecule has 0 aliphatic heterocycles. The lowest BCUT2D eigenvalue weighted by molar-refractivity contribution is 0.0320. The number of nitrogens with zero attached hydrogens (tertiary/aromatic N) is 1. The van der Waals surface area contributed by atoms with Crippen LogP contribution in [0.5, 0.6) is 0 Å². The third-order valence-electron chi connectivity index (χ3n) is 2.83. The van der Waals surface area contributed by atoms with Gasteiger partial charge in [-0.1, -0.05) is 13.8 Å². The van der Waals surface area contributed by atoms with E-state index in [2.05, 4.69) is 20.2 Å². The normalized spacial score (nSPS) is 13.8. The Kier molecular flexibility index (Phi) is 7.26. The number of rotatable bonds is 10. The number of hydrogen-bond donors (Lipinski definition) is 3. The van der Waals surface area contributed by atoms with Crippen LogP contribution in [0.2, 0.25) is 0 Å². The molecule has 0 aromatic carbocycles. The molecule has 0 aliphatic carbocycles. The van der Waals surface area contributed by atoms with E-state index in [9.17, 15) is 8.42 Å². The van der Waals surface area contributed by atoms with Crippen LogP contribution in [-0.2, 0) is 26.0 Å². The highest BCUT2D eigenvalue weighted by Gasteiger charge is 2.22. The number of aromatic amines is 1.